The van der Waals surface area contributed by atoms with Crippen molar-refractivity contribution in [1.29, 1.82) is 0 Å². The molecule has 0 N–H and O–H groups in total. The zero-order valence-electron chi connectivity index (χ0n) is 33.6. The molecule has 3 aromatic heterocycles. The van der Waals surface area contributed by atoms with E-state index < -0.39 is 0 Å². The highest BCUT2D eigenvalue weighted by molar-refractivity contribution is 6.12. The molecule has 0 radical (unpaired) electrons. The van der Waals surface area contributed by atoms with Gasteiger partial charge >= 0.3 is 0 Å². The van der Waals surface area contributed by atoms with Crippen LogP contribution >= 0.6 is 0 Å². The lowest BCUT2D eigenvalue weighted by molar-refractivity contribution is 1.07. The molecular weight excluding hydrogens is 755 g/mol. The predicted molar refractivity (Wildman–Crippen MR) is 256 cm³/mol. The molecule has 290 valence electrons. The van der Waals surface area contributed by atoms with Crippen molar-refractivity contribution >= 4 is 43.6 Å². The lowest BCUT2D eigenvalue weighted by Crippen LogP contribution is -2.03. The van der Waals surface area contributed by atoms with Crippen molar-refractivity contribution < 1.29 is 0 Å². The van der Waals surface area contributed by atoms with Crippen LogP contribution in [0, 0.1) is 0 Å². The Morgan fingerprint density at radius 1 is 0.242 bits per heavy atom. The molecule has 0 fully saturated rings. The smallest absolute Gasteiger partial charge is 0.164 e. The molecule has 0 aliphatic heterocycles. The first-order valence-corrected chi connectivity index (χ1v) is 21.0. The fraction of sp³-hybridized carbons (Fsp3) is 0. The summed E-state index contributed by atoms with van der Waals surface area (Å²) < 4.78 is 4.85. The lowest BCUT2D eigenvalue weighted by Gasteiger charge is -2.19. The first-order valence-electron chi connectivity index (χ1n) is 21.0. The number of hydrogen-bond acceptors (Lipinski definition) is 3. The minimum atomic E-state index is 0.606. The second-order valence-electron chi connectivity index (χ2n) is 15.6. The van der Waals surface area contributed by atoms with E-state index >= 15 is 0 Å². The molecular formula is C57H37N5. The maximum Gasteiger partial charge on any atom is 0.164 e. The zero-order valence-corrected chi connectivity index (χ0v) is 33.6. The van der Waals surface area contributed by atoms with Crippen molar-refractivity contribution in [1.82, 2.24) is 24.1 Å². The van der Waals surface area contributed by atoms with E-state index in [4.69, 9.17) is 15.0 Å². The summed E-state index contributed by atoms with van der Waals surface area (Å²) in [6.07, 6.45) is 0. The Balaban J connectivity index is 1.16. The van der Waals surface area contributed by atoms with Gasteiger partial charge in [0.2, 0.25) is 0 Å². The Bertz CT molecular complexity index is 3510. The number of fused-ring (bicyclic) bond motifs is 6. The van der Waals surface area contributed by atoms with Gasteiger partial charge in [-0.3, -0.25) is 0 Å². The highest BCUT2D eigenvalue weighted by Gasteiger charge is 2.22. The van der Waals surface area contributed by atoms with E-state index in [1.807, 2.05) is 36.4 Å². The van der Waals surface area contributed by atoms with Crippen LogP contribution in [-0.2, 0) is 0 Å². The van der Waals surface area contributed by atoms with Gasteiger partial charge in [0.1, 0.15) is 0 Å². The Morgan fingerprint density at radius 2 is 0.645 bits per heavy atom. The Morgan fingerprint density at radius 3 is 1.21 bits per heavy atom. The standard InChI is InChI=1S/C57H37N5/c1-4-18-38(19-5-1)41-32-34-53-47(36-41)45-26-12-17-31-52(45)62(53)54-35-33-42(57-59-55(39-20-6-2-7-21-39)58-56(60-57)40-22-8-3-9-23-40)37-48(54)46-27-13-16-30-51(46)61-49-28-14-10-24-43(49)44-25-11-15-29-50(44)61/h1-37H. The maximum atomic E-state index is 5.18. The van der Waals surface area contributed by atoms with Crippen molar-refractivity contribution in [2.24, 2.45) is 0 Å². The Hall–Kier alpha value is -8.41. The van der Waals surface area contributed by atoms with Crippen LogP contribution in [0.2, 0.25) is 0 Å². The summed E-state index contributed by atoms with van der Waals surface area (Å²) in [6.45, 7) is 0. The topological polar surface area (TPSA) is 48.5 Å². The molecule has 0 aliphatic carbocycles. The van der Waals surface area contributed by atoms with E-state index in [1.165, 1.54) is 32.7 Å². The average Bonchev–Trinajstić information content (AvgIpc) is 3.87. The van der Waals surface area contributed by atoms with E-state index in [-0.39, 0.29) is 0 Å². The molecule has 0 saturated carbocycles. The minimum Gasteiger partial charge on any atom is -0.309 e. The highest BCUT2D eigenvalue weighted by Crippen LogP contribution is 2.43. The van der Waals surface area contributed by atoms with Gasteiger partial charge in [-0.15, -0.1) is 0 Å². The third-order valence-electron chi connectivity index (χ3n) is 12.0. The Kier molecular flexibility index (Phi) is 8.42. The third kappa shape index (κ3) is 5.90. The first kappa shape index (κ1) is 35.5. The van der Waals surface area contributed by atoms with Gasteiger partial charge in [0.25, 0.3) is 0 Å². The van der Waals surface area contributed by atoms with E-state index in [9.17, 15) is 0 Å². The molecule has 0 unspecified atom stereocenters. The summed E-state index contributed by atoms with van der Waals surface area (Å²) in [7, 11) is 0. The molecule has 9 aromatic carbocycles. The van der Waals surface area contributed by atoms with Crippen molar-refractivity contribution in [3.05, 3.63) is 224 Å². The van der Waals surface area contributed by atoms with Crippen LogP contribution in [0.5, 0.6) is 0 Å². The largest absolute Gasteiger partial charge is 0.309 e. The molecule has 0 amide bonds. The number of hydrogen-bond donors (Lipinski definition) is 0. The SMILES string of the molecule is c1ccc(-c2ccc3c(c2)c2ccccc2n3-c2ccc(-c3nc(-c4ccccc4)nc(-c4ccccc4)n3)cc2-c2ccccc2-n2c3ccccc3c3ccccc32)cc1. The molecule has 3 heterocycles. The van der Waals surface area contributed by atoms with Gasteiger partial charge in [-0.05, 0) is 65.7 Å². The molecule has 5 nitrogen and oxygen atoms in total. The summed E-state index contributed by atoms with van der Waals surface area (Å²) in [5.74, 6) is 1.86. The average molecular weight is 792 g/mol. The number of benzene rings is 9. The van der Waals surface area contributed by atoms with Gasteiger partial charge in [-0.1, -0.05) is 170 Å². The second kappa shape index (κ2) is 14.7. The van der Waals surface area contributed by atoms with E-state index in [1.54, 1.807) is 0 Å². The number of para-hydroxylation sites is 4. The minimum absolute atomic E-state index is 0.606. The molecule has 12 aromatic rings. The quantitative estimate of drug-likeness (QED) is 0.162. The lowest BCUT2D eigenvalue weighted by atomic mass is 9.98. The van der Waals surface area contributed by atoms with Crippen LogP contribution in [0.25, 0.3) is 111 Å². The summed E-state index contributed by atoms with van der Waals surface area (Å²) in [4.78, 5) is 15.4. The summed E-state index contributed by atoms with van der Waals surface area (Å²) in [5, 5.41) is 4.83. The van der Waals surface area contributed by atoms with E-state index in [0.29, 0.717) is 17.5 Å². The van der Waals surface area contributed by atoms with Gasteiger partial charge in [0.05, 0.1) is 33.4 Å². The molecule has 0 bridgehead atoms. The zero-order chi connectivity index (χ0) is 41.0. The number of nitrogens with zero attached hydrogens (tertiary/aromatic N) is 5. The predicted octanol–water partition coefficient (Wildman–Crippen LogP) is 14.4. The summed E-state index contributed by atoms with van der Waals surface area (Å²) in [5.41, 5.74) is 14.0. The van der Waals surface area contributed by atoms with E-state index in [2.05, 4.69) is 197 Å². The van der Waals surface area contributed by atoms with Crippen molar-refractivity contribution in [3.63, 3.8) is 0 Å². The first-order chi connectivity index (χ1) is 30.8. The molecule has 5 heteroatoms. The molecule has 0 atom stereocenters. The molecule has 62 heavy (non-hydrogen) atoms. The van der Waals surface area contributed by atoms with Gasteiger partial charge in [-0.2, -0.15) is 0 Å². The highest BCUT2D eigenvalue weighted by atomic mass is 15.0. The monoisotopic (exact) mass is 791 g/mol. The van der Waals surface area contributed by atoms with Gasteiger partial charge in [-0.25, -0.2) is 15.0 Å². The van der Waals surface area contributed by atoms with Crippen molar-refractivity contribution in [3.8, 4) is 67.8 Å². The third-order valence-corrected chi connectivity index (χ3v) is 12.0. The number of aromatic nitrogens is 5. The van der Waals surface area contributed by atoms with Gasteiger partial charge in [0, 0.05) is 49.4 Å². The second-order valence-corrected chi connectivity index (χ2v) is 15.6. The van der Waals surface area contributed by atoms with Gasteiger partial charge < -0.3 is 9.13 Å². The molecule has 0 saturated heterocycles. The Labute approximate surface area is 358 Å². The summed E-state index contributed by atoms with van der Waals surface area (Å²) in [6, 6.07) is 79.4. The van der Waals surface area contributed by atoms with Crippen LogP contribution in [0.3, 0.4) is 0 Å². The fourth-order valence-electron chi connectivity index (χ4n) is 9.14. The van der Waals surface area contributed by atoms with Crippen LogP contribution < -0.4 is 0 Å². The van der Waals surface area contributed by atoms with Crippen LogP contribution in [0.15, 0.2) is 224 Å². The molecule has 0 spiro atoms. The van der Waals surface area contributed by atoms with Gasteiger partial charge in [0.15, 0.2) is 17.5 Å². The summed E-state index contributed by atoms with van der Waals surface area (Å²) >= 11 is 0. The number of rotatable bonds is 7. The normalized spacial score (nSPS) is 11.5. The van der Waals surface area contributed by atoms with Crippen LogP contribution in [-0.4, -0.2) is 24.1 Å². The van der Waals surface area contributed by atoms with Crippen molar-refractivity contribution in [2.45, 2.75) is 0 Å². The molecule has 0 aliphatic rings. The van der Waals surface area contributed by atoms with E-state index in [0.717, 1.165) is 61.3 Å². The fourth-order valence-corrected chi connectivity index (χ4v) is 9.14. The molecule has 12 rings (SSSR count). The van der Waals surface area contributed by atoms with Crippen LogP contribution in [0.1, 0.15) is 0 Å². The van der Waals surface area contributed by atoms with Crippen molar-refractivity contribution in [2.75, 3.05) is 0 Å². The maximum absolute atomic E-state index is 5.18. The van der Waals surface area contributed by atoms with Crippen LogP contribution in [0.4, 0.5) is 0 Å².